The van der Waals surface area contributed by atoms with Crippen LogP contribution in [0.3, 0.4) is 0 Å². The Balaban J connectivity index is 2.38. The molecule has 0 saturated carbocycles. The Labute approximate surface area is 37.5 Å². The third-order valence-electron chi connectivity index (χ3n) is 0.739. The number of hydrogen-bond donors (Lipinski definition) is 0. The third-order valence-corrected chi connectivity index (χ3v) is 0.739. The fourth-order valence-corrected chi connectivity index (χ4v) is 0.399. The van der Waals surface area contributed by atoms with Gasteiger partial charge >= 0.3 is 0 Å². The van der Waals surface area contributed by atoms with Crippen LogP contribution >= 0.6 is 0 Å². The van der Waals surface area contributed by atoms with Crippen molar-refractivity contribution in [3.05, 3.63) is 6.54 Å². The lowest BCUT2D eigenvalue weighted by molar-refractivity contribution is 0.656. The number of nitrogens with zero attached hydrogens (tertiary/aromatic N) is 2. The molecule has 0 N–H and O–H groups in total. The van der Waals surface area contributed by atoms with E-state index in [1.807, 2.05) is 18.5 Å². The van der Waals surface area contributed by atoms with Crippen LogP contribution in [-0.2, 0) is 0 Å². The van der Waals surface area contributed by atoms with Crippen LogP contribution in [0.2, 0.25) is 0 Å². The van der Waals surface area contributed by atoms with Gasteiger partial charge in [-0.3, -0.25) is 4.99 Å². The SMILES string of the molecule is CN1[CH]CN=C1. The number of hydrogen-bond acceptors (Lipinski definition) is 2. The van der Waals surface area contributed by atoms with Gasteiger partial charge in [0.1, 0.15) is 0 Å². The molecule has 0 bridgehead atoms. The molecule has 0 fully saturated rings. The molecule has 1 radical (unpaired) electrons. The zero-order valence-electron chi connectivity index (χ0n) is 3.76. The van der Waals surface area contributed by atoms with Crippen molar-refractivity contribution in [1.82, 2.24) is 4.90 Å². The van der Waals surface area contributed by atoms with Gasteiger partial charge in [0, 0.05) is 7.05 Å². The molecular formula is C4H7N2. The van der Waals surface area contributed by atoms with Crippen LogP contribution in [0.15, 0.2) is 4.99 Å². The number of rotatable bonds is 0. The molecule has 0 amide bonds. The molecule has 0 aromatic carbocycles. The molecule has 0 aliphatic carbocycles. The summed E-state index contributed by atoms with van der Waals surface area (Å²) >= 11 is 0. The third kappa shape index (κ3) is 0.506. The average molecular weight is 83.1 g/mol. The van der Waals surface area contributed by atoms with E-state index in [9.17, 15) is 0 Å². The first-order valence-corrected chi connectivity index (χ1v) is 1.95. The molecule has 0 aromatic heterocycles. The van der Waals surface area contributed by atoms with Gasteiger partial charge < -0.3 is 4.90 Å². The van der Waals surface area contributed by atoms with Gasteiger partial charge in [0.05, 0.1) is 19.4 Å². The van der Waals surface area contributed by atoms with E-state index in [0.717, 1.165) is 6.54 Å². The lowest BCUT2D eigenvalue weighted by Crippen LogP contribution is -2.05. The minimum atomic E-state index is 0.858. The molecule has 0 aromatic rings. The van der Waals surface area contributed by atoms with Gasteiger partial charge in [-0.25, -0.2) is 0 Å². The molecule has 1 rings (SSSR count). The minimum Gasteiger partial charge on any atom is -0.359 e. The van der Waals surface area contributed by atoms with Crippen LogP contribution in [0.4, 0.5) is 0 Å². The summed E-state index contributed by atoms with van der Waals surface area (Å²) in [4.78, 5) is 5.85. The lowest BCUT2D eigenvalue weighted by atomic mass is 10.6. The maximum atomic E-state index is 3.91. The monoisotopic (exact) mass is 83.1 g/mol. The van der Waals surface area contributed by atoms with Crippen LogP contribution < -0.4 is 0 Å². The molecule has 0 spiro atoms. The first kappa shape index (κ1) is 3.65. The Bertz CT molecular complexity index is 67.9. The normalized spacial score (nSPS) is 19.8. The quantitative estimate of drug-likeness (QED) is 0.406. The van der Waals surface area contributed by atoms with E-state index < -0.39 is 0 Å². The molecule has 0 atom stereocenters. The van der Waals surface area contributed by atoms with Gasteiger partial charge in [-0.15, -0.1) is 0 Å². The Morgan fingerprint density at radius 3 is 2.83 bits per heavy atom. The highest BCUT2D eigenvalue weighted by molar-refractivity contribution is 5.57. The molecule has 1 heterocycles. The summed E-state index contributed by atoms with van der Waals surface area (Å²) in [6, 6.07) is 0. The molecule has 1 aliphatic heterocycles. The van der Waals surface area contributed by atoms with E-state index in [4.69, 9.17) is 0 Å². The van der Waals surface area contributed by atoms with Crippen LogP contribution in [0.1, 0.15) is 0 Å². The molecule has 1 aliphatic rings. The van der Waals surface area contributed by atoms with E-state index in [1.165, 1.54) is 0 Å². The molecular weight excluding hydrogens is 76.1 g/mol. The summed E-state index contributed by atoms with van der Waals surface area (Å²) in [6.45, 7) is 2.87. The van der Waals surface area contributed by atoms with Gasteiger partial charge in [0.25, 0.3) is 0 Å². The first-order valence-electron chi connectivity index (χ1n) is 1.95. The molecule has 2 nitrogen and oxygen atoms in total. The van der Waals surface area contributed by atoms with Crippen molar-refractivity contribution < 1.29 is 0 Å². The summed E-state index contributed by atoms with van der Waals surface area (Å²) in [6.07, 6.45) is 1.81. The summed E-state index contributed by atoms with van der Waals surface area (Å²) in [7, 11) is 1.97. The highest BCUT2D eigenvalue weighted by atomic mass is 15.2. The van der Waals surface area contributed by atoms with E-state index in [-0.39, 0.29) is 0 Å². The standard InChI is InChI=1S/C4H7N2/c1-6-3-2-5-4-6/h3-4H,2H2,1H3. The van der Waals surface area contributed by atoms with Crippen molar-refractivity contribution in [2.45, 2.75) is 0 Å². The first-order chi connectivity index (χ1) is 2.89. The maximum Gasteiger partial charge on any atom is 0.0852 e. The van der Waals surface area contributed by atoms with Gasteiger partial charge in [-0.05, 0) is 0 Å². The van der Waals surface area contributed by atoms with Gasteiger partial charge in [-0.1, -0.05) is 0 Å². The lowest BCUT2D eigenvalue weighted by Gasteiger charge is -1.98. The fourth-order valence-electron chi connectivity index (χ4n) is 0.399. The second-order valence-corrected chi connectivity index (χ2v) is 1.33. The van der Waals surface area contributed by atoms with Crippen LogP contribution in [0.25, 0.3) is 0 Å². The van der Waals surface area contributed by atoms with Crippen LogP contribution in [0, 0.1) is 6.54 Å². The number of aliphatic imine (C=N–C) groups is 1. The average Bonchev–Trinajstić information content (AvgIpc) is 1.86. The number of likely N-dealkylation sites (N-methyl/N-ethyl adjacent to an activating group) is 1. The predicted octanol–water partition coefficient (Wildman–Crippen LogP) is 0.122. The van der Waals surface area contributed by atoms with E-state index >= 15 is 0 Å². The Hall–Kier alpha value is -0.530. The zero-order chi connectivity index (χ0) is 4.41. The predicted molar refractivity (Wildman–Crippen MR) is 25.4 cm³/mol. The van der Waals surface area contributed by atoms with Gasteiger partial charge in [-0.2, -0.15) is 0 Å². The zero-order valence-corrected chi connectivity index (χ0v) is 3.76. The Morgan fingerprint density at radius 1 is 1.83 bits per heavy atom. The summed E-state index contributed by atoms with van der Waals surface area (Å²) in [5, 5.41) is 0. The molecule has 0 saturated heterocycles. The smallest absolute Gasteiger partial charge is 0.0852 e. The van der Waals surface area contributed by atoms with Crippen molar-refractivity contribution >= 4 is 6.34 Å². The second kappa shape index (κ2) is 1.29. The molecule has 33 valence electrons. The molecule has 0 unspecified atom stereocenters. The van der Waals surface area contributed by atoms with Gasteiger partial charge in [0.2, 0.25) is 0 Å². The Morgan fingerprint density at radius 2 is 2.67 bits per heavy atom. The summed E-state index contributed by atoms with van der Waals surface area (Å²) < 4.78 is 0. The van der Waals surface area contributed by atoms with Crippen molar-refractivity contribution in [2.24, 2.45) is 4.99 Å². The van der Waals surface area contributed by atoms with Crippen LogP contribution in [-0.4, -0.2) is 24.8 Å². The summed E-state index contributed by atoms with van der Waals surface area (Å²) in [5.41, 5.74) is 0. The molecule has 6 heavy (non-hydrogen) atoms. The van der Waals surface area contributed by atoms with Crippen molar-refractivity contribution in [3.8, 4) is 0 Å². The van der Waals surface area contributed by atoms with E-state index in [2.05, 4.69) is 4.99 Å². The van der Waals surface area contributed by atoms with E-state index in [1.54, 1.807) is 6.34 Å². The van der Waals surface area contributed by atoms with E-state index in [0.29, 0.717) is 0 Å². The summed E-state index contributed by atoms with van der Waals surface area (Å²) in [5.74, 6) is 0. The topological polar surface area (TPSA) is 15.6 Å². The van der Waals surface area contributed by atoms with Crippen LogP contribution in [0.5, 0.6) is 0 Å². The Kier molecular flexibility index (Phi) is 0.783. The highest BCUT2D eigenvalue weighted by Gasteiger charge is 1.95. The minimum absolute atomic E-state index is 0.858. The largest absolute Gasteiger partial charge is 0.359 e. The second-order valence-electron chi connectivity index (χ2n) is 1.33. The van der Waals surface area contributed by atoms with Crippen molar-refractivity contribution in [2.75, 3.05) is 13.6 Å². The van der Waals surface area contributed by atoms with Crippen molar-refractivity contribution in [3.63, 3.8) is 0 Å². The van der Waals surface area contributed by atoms with Gasteiger partial charge in [0.15, 0.2) is 0 Å². The maximum absolute atomic E-state index is 3.91. The molecule has 2 heteroatoms. The highest BCUT2D eigenvalue weighted by Crippen LogP contribution is 1.90. The van der Waals surface area contributed by atoms with Crippen molar-refractivity contribution in [1.29, 1.82) is 0 Å². The fraction of sp³-hybridized carbons (Fsp3) is 0.500.